The maximum atomic E-state index is 12.5. The fourth-order valence-electron chi connectivity index (χ4n) is 2.91. The number of benzene rings is 1. The fourth-order valence-corrected chi connectivity index (χ4v) is 3.64. The van der Waals surface area contributed by atoms with E-state index in [-0.39, 0.29) is 23.7 Å². The summed E-state index contributed by atoms with van der Waals surface area (Å²) >= 11 is 0. The van der Waals surface area contributed by atoms with Crippen molar-refractivity contribution in [2.75, 3.05) is 20.0 Å². The van der Waals surface area contributed by atoms with Crippen molar-refractivity contribution < 1.29 is 28.1 Å². The third-order valence-electron chi connectivity index (χ3n) is 4.39. The molecule has 0 amide bonds. The van der Waals surface area contributed by atoms with Crippen LogP contribution < -0.4 is 0 Å². The van der Waals surface area contributed by atoms with Crippen LogP contribution in [0.15, 0.2) is 35.2 Å². The van der Waals surface area contributed by atoms with Crippen molar-refractivity contribution in [3.63, 3.8) is 0 Å². The van der Waals surface area contributed by atoms with Gasteiger partial charge in [0.15, 0.2) is 6.61 Å². The molecular weight excluding hydrogens is 382 g/mol. The van der Waals surface area contributed by atoms with Crippen LogP contribution in [0.4, 0.5) is 0 Å². The van der Waals surface area contributed by atoms with Crippen molar-refractivity contribution in [3.05, 3.63) is 52.8 Å². The standard InChI is InChI=1S/C20H23NO6S/c1-13-11-16(14(2)21(13)10-9-19(23)26-3)17(22)12-27-20(24)15-7-5-6-8-18(15)28(4)25/h5-8,11H,9-10,12H2,1-4H3/t28-/m1/s1. The van der Waals surface area contributed by atoms with Gasteiger partial charge in [-0.2, -0.15) is 0 Å². The number of ketones is 1. The number of carbonyl (C=O) groups is 3. The highest BCUT2D eigenvalue weighted by Gasteiger charge is 2.20. The maximum absolute atomic E-state index is 12.5. The Labute approximate surface area is 166 Å². The minimum Gasteiger partial charge on any atom is -0.469 e. The van der Waals surface area contributed by atoms with Crippen LogP contribution in [0.3, 0.4) is 0 Å². The number of aromatic nitrogens is 1. The molecule has 2 rings (SSSR count). The summed E-state index contributed by atoms with van der Waals surface area (Å²) in [6.07, 6.45) is 1.67. The number of rotatable bonds is 8. The molecule has 0 aliphatic rings. The second-order valence-electron chi connectivity index (χ2n) is 6.21. The number of aryl methyl sites for hydroxylation is 1. The number of hydrogen-bond donors (Lipinski definition) is 0. The van der Waals surface area contributed by atoms with Crippen LogP contribution in [-0.4, -0.2) is 46.5 Å². The SMILES string of the molecule is COC(=O)CCn1c(C)cc(C(=O)COC(=O)c2ccccc2[S@@](C)=O)c1C. The second kappa shape index (κ2) is 9.45. The molecule has 1 aromatic heterocycles. The molecule has 1 heterocycles. The van der Waals surface area contributed by atoms with Gasteiger partial charge in [0.05, 0.1) is 34.8 Å². The zero-order valence-electron chi connectivity index (χ0n) is 16.3. The predicted molar refractivity (Wildman–Crippen MR) is 104 cm³/mol. The van der Waals surface area contributed by atoms with Crippen molar-refractivity contribution >= 4 is 28.5 Å². The third-order valence-corrected chi connectivity index (χ3v) is 5.37. The Balaban J connectivity index is 2.09. The number of esters is 2. The van der Waals surface area contributed by atoms with E-state index in [1.165, 1.54) is 19.4 Å². The van der Waals surface area contributed by atoms with Crippen molar-refractivity contribution in [1.82, 2.24) is 4.57 Å². The molecule has 0 aliphatic heterocycles. The number of methoxy groups -OCH3 is 1. The van der Waals surface area contributed by atoms with Crippen LogP contribution in [0, 0.1) is 13.8 Å². The van der Waals surface area contributed by atoms with Crippen molar-refractivity contribution in [2.45, 2.75) is 31.7 Å². The van der Waals surface area contributed by atoms with Crippen molar-refractivity contribution in [2.24, 2.45) is 0 Å². The van der Waals surface area contributed by atoms with Crippen LogP contribution in [0.1, 0.15) is 38.5 Å². The Kier molecular flexibility index (Phi) is 7.28. The second-order valence-corrected chi connectivity index (χ2v) is 7.56. The molecule has 0 saturated heterocycles. The smallest absolute Gasteiger partial charge is 0.339 e. The first kappa shape index (κ1) is 21.6. The van der Waals surface area contributed by atoms with E-state index in [4.69, 9.17) is 4.74 Å². The largest absolute Gasteiger partial charge is 0.469 e. The molecule has 0 fully saturated rings. The molecule has 1 aromatic carbocycles. The average molecular weight is 405 g/mol. The summed E-state index contributed by atoms with van der Waals surface area (Å²) in [5.41, 5.74) is 2.13. The van der Waals surface area contributed by atoms with E-state index >= 15 is 0 Å². The van der Waals surface area contributed by atoms with Gasteiger partial charge in [0.2, 0.25) is 5.78 Å². The molecule has 8 heteroatoms. The molecule has 1 atom stereocenters. The summed E-state index contributed by atoms with van der Waals surface area (Å²) in [6, 6.07) is 8.13. The molecule has 7 nitrogen and oxygen atoms in total. The van der Waals surface area contributed by atoms with Crippen LogP contribution >= 0.6 is 0 Å². The van der Waals surface area contributed by atoms with E-state index in [9.17, 15) is 18.6 Å². The highest BCUT2D eigenvalue weighted by molar-refractivity contribution is 7.84. The molecule has 0 N–H and O–H groups in total. The lowest BCUT2D eigenvalue weighted by Crippen LogP contribution is -2.16. The highest BCUT2D eigenvalue weighted by Crippen LogP contribution is 2.18. The Bertz CT molecular complexity index is 931. The molecule has 0 spiro atoms. The number of Topliss-reactive ketones (excluding diaryl/α,β-unsaturated/α-hetero) is 1. The van der Waals surface area contributed by atoms with Crippen LogP contribution in [-0.2, 0) is 31.6 Å². The zero-order valence-corrected chi connectivity index (χ0v) is 17.1. The van der Waals surface area contributed by atoms with E-state index in [0.717, 1.165) is 5.69 Å². The minimum absolute atomic E-state index is 0.180. The van der Waals surface area contributed by atoms with Gasteiger partial charge in [-0.05, 0) is 32.0 Å². The lowest BCUT2D eigenvalue weighted by Gasteiger charge is -2.09. The van der Waals surface area contributed by atoms with Crippen LogP contribution in [0.2, 0.25) is 0 Å². The Morgan fingerprint density at radius 3 is 2.43 bits per heavy atom. The monoisotopic (exact) mass is 405 g/mol. The topological polar surface area (TPSA) is 91.7 Å². The molecule has 0 bridgehead atoms. The first-order chi connectivity index (χ1) is 13.3. The number of nitrogens with zero attached hydrogens (tertiary/aromatic N) is 1. The molecule has 150 valence electrons. The lowest BCUT2D eigenvalue weighted by molar-refractivity contribution is -0.140. The number of ether oxygens (including phenoxy) is 2. The normalized spacial score (nSPS) is 11.7. The molecule has 0 unspecified atom stereocenters. The Hall–Kier alpha value is -2.74. The van der Waals surface area contributed by atoms with Crippen molar-refractivity contribution in [1.29, 1.82) is 0 Å². The molecular formula is C20H23NO6S. The van der Waals surface area contributed by atoms with Gasteiger partial charge in [0.1, 0.15) is 0 Å². The zero-order chi connectivity index (χ0) is 20.8. The van der Waals surface area contributed by atoms with Gasteiger partial charge in [-0.1, -0.05) is 12.1 Å². The van der Waals surface area contributed by atoms with Crippen LogP contribution in [0.5, 0.6) is 0 Å². The summed E-state index contributed by atoms with van der Waals surface area (Å²) in [5, 5.41) is 0. The van der Waals surface area contributed by atoms with E-state index in [1.54, 1.807) is 31.2 Å². The Morgan fingerprint density at radius 2 is 1.79 bits per heavy atom. The summed E-state index contributed by atoms with van der Waals surface area (Å²) in [6.45, 7) is 3.58. The summed E-state index contributed by atoms with van der Waals surface area (Å²) in [4.78, 5) is 36.6. The van der Waals surface area contributed by atoms with Gasteiger partial charge < -0.3 is 14.0 Å². The predicted octanol–water partition coefficient (Wildman–Crippen LogP) is 2.45. The first-order valence-electron chi connectivity index (χ1n) is 8.62. The van der Waals surface area contributed by atoms with Gasteiger partial charge in [-0.25, -0.2) is 4.79 Å². The molecule has 0 radical (unpaired) electrons. The minimum atomic E-state index is -1.35. The van der Waals surface area contributed by atoms with Gasteiger partial charge >= 0.3 is 11.9 Å². The summed E-state index contributed by atoms with van der Waals surface area (Å²) in [7, 11) is -0.0222. The van der Waals surface area contributed by atoms with E-state index in [2.05, 4.69) is 4.74 Å². The molecule has 0 saturated carbocycles. The van der Waals surface area contributed by atoms with Gasteiger partial charge in [-0.15, -0.1) is 0 Å². The fraction of sp³-hybridized carbons (Fsp3) is 0.350. The number of hydrogen-bond acceptors (Lipinski definition) is 6. The lowest BCUT2D eigenvalue weighted by atomic mass is 10.1. The van der Waals surface area contributed by atoms with Gasteiger partial charge in [0, 0.05) is 29.8 Å². The first-order valence-corrected chi connectivity index (χ1v) is 10.2. The van der Waals surface area contributed by atoms with Crippen LogP contribution in [0.25, 0.3) is 0 Å². The quantitative estimate of drug-likeness (QED) is 0.495. The molecule has 2 aromatic rings. The van der Waals surface area contributed by atoms with E-state index in [0.29, 0.717) is 22.7 Å². The van der Waals surface area contributed by atoms with Gasteiger partial charge in [0.25, 0.3) is 0 Å². The maximum Gasteiger partial charge on any atom is 0.339 e. The summed E-state index contributed by atoms with van der Waals surface area (Å²) in [5.74, 6) is -1.37. The average Bonchev–Trinajstić information content (AvgIpc) is 2.97. The van der Waals surface area contributed by atoms with Crippen molar-refractivity contribution in [3.8, 4) is 0 Å². The number of carbonyl (C=O) groups excluding carboxylic acids is 3. The van der Waals surface area contributed by atoms with E-state index in [1.807, 2.05) is 11.5 Å². The highest BCUT2D eigenvalue weighted by atomic mass is 32.2. The summed E-state index contributed by atoms with van der Waals surface area (Å²) < 4.78 is 23.4. The van der Waals surface area contributed by atoms with E-state index < -0.39 is 23.4 Å². The Morgan fingerprint density at radius 1 is 1.11 bits per heavy atom. The van der Waals surface area contributed by atoms with Gasteiger partial charge in [-0.3, -0.25) is 13.8 Å². The third kappa shape index (κ3) is 4.95. The molecule has 28 heavy (non-hydrogen) atoms. The molecule has 0 aliphatic carbocycles.